The van der Waals surface area contributed by atoms with Crippen molar-refractivity contribution in [3.63, 3.8) is 0 Å². The number of rotatable bonds is 6. The van der Waals surface area contributed by atoms with Gasteiger partial charge in [0.25, 0.3) is 0 Å². The van der Waals surface area contributed by atoms with E-state index in [1.54, 1.807) is 39.8 Å². The summed E-state index contributed by atoms with van der Waals surface area (Å²) in [6, 6.07) is 5.01. The third-order valence-electron chi connectivity index (χ3n) is 6.92. The van der Waals surface area contributed by atoms with Crippen molar-refractivity contribution in [2.24, 2.45) is 0 Å². The second-order valence-corrected chi connectivity index (χ2v) is 11.1. The van der Waals surface area contributed by atoms with Crippen molar-refractivity contribution in [3.8, 4) is 0 Å². The Bertz CT molecular complexity index is 1340. The molecule has 0 bridgehead atoms. The van der Waals surface area contributed by atoms with Gasteiger partial charge in [-0.2, -0.15) is 0 Å². The molecule has 1 aromatic heterocycles. The summed E-state index contributed by atoms with van der Waals surface area (Å²) in [6.45, 7) is 5.92. The Morgan fingerprint density at radius 1 is 1.20 bits per heavy atom. The van der Waals surface area contributed by atoms with Crippen molar-refractivity contribution in [1.29, 1.82) is 0 Å². The molecule has 40 heavy (non-hydrogen) atoms. The molecule has 3 atom stereocenters. The summed E-state index contributed by atoms with van der Waals surface area (Å²) < 4.78 is 32.9. The van der Waals surface area contributed by atoms with Gasteiger partial charge in [-0.1, -0.05) is 12.1 Å². The van der Waals surface area contributed by atoms with Gasteiger partial charge < -0.3 is 21.1 Å². The van der Waals surface area contributed by atoms with E-state index >= 15 is 0 Å². The second kappa shape index (κ2) is 11.6. The third-order valence-corrected chi connectivity index (χ3v) is 6.92. The van der Waals surface area contributed by atoms with E-state index in [0.29, 0.717) is 36.2 Å². The van der Waals surface area contributed by atoms with E-state index in [1.807, 2.05) is 6.07 Å². The van der Waals surface area contributed by atoms with Crippen LogP contribution in [-0.2, 0) is 27.4 Å². The number of nitrogens with one attached hydrogen (secondary N) is 2. The SMILES string of the molecule is C[C@H](NC(=O)C1C=C(c2ccc(F)cc2CF)CCN1C(=O)OC(C)(C)C)C(=O)N[C@@H]1CCc2nc(N)ccc21. The quantitative estimate of drug-likeness (QED) is 0.495. The highest BCUT2D eigenvalue weighted by molar-refractivity contribution is 5.94. The number of nitrogens with two attached hydrogens (primary N) is 1. The lowest BCUT2D eigenvalue weighted by molar-refractivity contribution is -0.131. The number of carbonyl (C=O) groups excluding carboxylic acids is 3. The number of fused-ring (bicyclic) bond motifs is 1. The van der Waals surface area contributed by atoms with Gasteiger partial charge in [0.15, 0.2) is 0 Å². The van der Waals surface area contributed by atoms with Gasteiger partial charge in [0.1, 0.15) is 36.0 Å². The number of aryl methyl sites for hydroxylation is 1. The summed E-state index contributed by atoms with van der Waals surface area (Å²) in [5.74, 6) is -1.15. The lowest BCUT2D eigenvalue weighted by Crippen LogP contribution is -2.55. The molecule has 0 spiro atoms. The third kappa shape index (κ3) is 6.57. The Morgan fingerprint density at radius 3 is 2.65 bits per heavy atom. The number of anilines is 1. The molecule has 1 aliphatic carbocycles. The second-order valence-electron chi connectivity index (χ2n) is 11.1. The van der Waals surface area contributed by atoms with Crippen LogP contribution in [0.4, 0.5) is 19.4 Å². The van der Waals surface area contributed by atoms with Crippen LogP contribution in [0.5, 0.6) is 0 Å². The largest absolute Gasteiger partial charge is 0.444 e. The summed E-state index contributed by atoms with van der Waals surface area (Å²) >= 11 is 0. The van der Waals surface area contributed by atoms with Crippen LogP contribution in [-0.4, -0.2) is 52.0 Å². The van der Waals surface area contributed by atoms with Crippen LogP contribution in [0, 0.1) is 5.82 Å². The van der Waals surface area contributed by atoms with E-state index in [2.05, 4.69) is 15.6 Å². The van der Waals surface area contributed by atoms with E-state index in [4.69, 9.17) is 10.5 Å². The normalized spacial score (nSPS) is 19.4. The monoisotopic (exact) mass is 555 g/mol. The Labute approximate surface area is 232 Å². The van der Waals surface area contributed by atoms with Crippen molar-refractivity contribution >= 4 is 29.3 Å². The van der Waals surface area contributed by atoms with E-state index < -0.39 is 48.1 Å². The van der Waals surface area contributed by atoms with Crippen LogP contribution < -0.4 is 16.4 Å². The first-order chi connectivity index (χ1) is 18.9. The molecular formula is C29H35F2N5O4. The smallest absolute Gasteiger partial charge is 0.411 e. The first kappa shape index (κ1) is 29.0. The van der Waals surface area contributed by atoms with Crippen LogP contribution in [0.1, 0.15) is 69.0 Å². The molecule has 1 aromatic carbocycles. The Hall–Kier alpha value is -4.02. The summed E-state index contributed by atoms with van der Waals surface area (Å²) in [5, 5.41) is 5.65. The summed E-state index contributed by atoms with van der Waals surface area (Å²) in [4.78, 5) is 45.2. The number of nitrogen functional groups attached to an aromatic ring is 1. The molecule has 1 aliphatic heterocycles. The standard InChI is InChI=1S/C29H35F2N5O4/c1-16(26(37)35-23-9-8-22-21(23)7-10-25(32)34-22)33-27(38)24-14-17(20-6-5-19(31)13-18(20)15-30)11-12-36(24)28(39)40-29(2,3)4/h5-7,10,13-14,16,23-24H,8-9,11-12,15H2,1-4H3,(H2,32,34)(H,33,38)(H,35,37)/t16-,23+,24?/m0/s1. The molecule has 0 fully saturated rings. The van der Waals surface area contributed by atoms with Gasteiger partial charge in [-0.15, -0.1) is 0 Å². The molecule has 1 unspecified atom stereocenters. The number of hydrogen-bond donors (Lipinski definition) is 3. The zero-order valence-electron chi connectivity index (χ0n) is 23.1. The molecule has 214 valence electrons. The molecular weight excluding hydrogens is 520 g/mol. The fourth-order valence-electron chi connectivity index (χ4n) is 4.99. The summed E-state index contributed by atoms with van der Waals surface area (Å²) in [5.41, 5.74) is 7.90. The number of ether oxygens (including phenoxy) is 1. The highest BCUT2D eigenvalue weighted by atomic mass is 19.1. The number of alkyl halides is 1. The van der Waals surface area contributed by atoms with Crippen molar-refractivity contribution in [1.82, 2.24) is 20.5 Å². The van der Waals surface area contributed by atoms with Gasteiger partial charge in [-0.3, -0.25) is 14.5 Å². The van der Waals surface area contributed by atoms with E-state index in [1.165, 1.54) is 17.0 Å². The number of aromatic nitrogens is 1. The van der Waals surface area contributed by atoms with Crippen molar-refractivity contribution in [2.45, 2.75) is 77.4 Å². The van der Waals surface area contributed by atoms with E-state index in [-0.39, 0.29) is 18.2 Å². The number of nitrogens with zero attached hydrogens (tertiary/aromatic N) is 2. The van der Waals surface area contributed by atoms with Gasteiger partial charge in [0, 0.05) is 12.2 Å². The Kier molecular flexibility index (Phi) is 8.41. The van der Waals surface area contributed by atoms with Crippen LogP contribution in [0.3, 0.4) is 0 Å². The number of benzene rings is 1. The zero-order valence-corrected chi connectivity index (χ0v) is 23.1. The maximum atomic E-state index is 13.7. The molecule has 4 rings (SSSR count). The molecule has 4 N–H and O–H groups in total. The lowest BCUT2D eigenvalue weighted by atomic mass is 9.92. The topological polar surface area (TPSA) is 127 Å². The highest BCUT2D eigenvalue weighted by Crippen LogP contribution is 2.31. The van der Waals surface area contributed by atoms with Gasteiger partial charge in [0.2, 0.25) is 11.8 Å². The molecule has 3 amide bonds. The minimum atomic E-state index is -1.13. The average molecular weight is 556 g/mol. The number of pyridine rings is 1. The predicted molar refractivity (Wildman–Crippen MR) is 146 cm³/mol. The molecule has 11 heteroatoms. The Morgan fingerprint density at radius 2 is 1.95 bits per heavy atom. The predicted octanol–water partition coefficient (Wildman–Crippen LogP) is 3.97. The minimum absolute atomic E-state index is 0.109. The van der Waals surface area contributed by atoms with E-state index in [9.17, 15) is 23.2 Å². The van der Waals surface area contributed by atoms with Crippen LogP contribution in [0.15, 0.2) is 36.4 Å². The maximum Gasteiger partial charge on any atom is 0.411 e. The first-order valence-electron chi connectivity index (χ1n) is 13.3. The average Bonchev–Trinajstić information content (AvgIpc) is 3.28. The minimum Gasteiger partial charge on any atom is -0.444 e. The van der Waals surface area contributed by atoms with Gasteiger partial charge in [-0.25, -0.2) is 18.6 Å². The van der Waals surface area contributed by atoms with Gasteiger partial charge in [-0.05, 0) is 93.5 Å². The van der Waals surface area contributed by atoms with Gasteiger partial charge in [0.05, 0.1) is 6.04 Å². The maximum absolute atomic E-state index is 13.7. The molecule has 2 heterocycles. The fraction of sp³-hybridized carbons (Fsp3) is 0.448. The number of halogens is 2. The Balaban J connectivity index is 1.54. The van der Waals surface area contributed by atoms with Crippen LogP contribution in [0.25, 0.3) is 5.57 Å². The fourth-order valence-corrected chi connectivity index (χ4v) is 4.99. The van der Waals surface area contributed by atoms with Crippen molar-refractivity contribution in [2.75, 3.05) is 12.3 Å². The van der Waals surface area contributed by atoms with E-state index in [0.717, 1.165) is 17.3 Å². The molecule has 0 saturated heterocycles. The van der Waals surface area contributed by atoms with Crippen molar-refractivity contribution in [3.05, 3.63) is 64.6 Å². The summed E-state index contributed by atoms with van der Waals surface area (Å²) in [6.07, 6.45) is 2.49. The number of amides is 3. The van der Waals surface area contributed by atoms with Crippen molar-refractivity contribution < 1.29 is 27.9 Å². The molecule has 2 aliphatic rings. The summed E-state index contributed by atoms with van der Waals surface area (Å²) in [7, 11) is 0. The lowest BCUT2D eigenvalue weighted by Gasteiger charge is -2.35. The first-order valence-corrected chi connectivity index (χ1v) is 13.3. The van der Waals surface area contributed by atoms with Crippen LogP contribution >= 0.6 is 0 Å². The zero-order chi connectivity index (χ0) is 29.2. The molecule has 0 saturated carbocycles. The number of carbonyl (C=O) groups is 3. The number of hydrogen-bond acceptors (Lipinski definition) is 6. The molecule has 0 radical (unpaired) electrons. The molecule has 9 nitrogen and oxygen atoms in total. The van der Waals surface area contributed by atoms with Gasteiger partial charge >= 0.3 is 6.09 Å². The van der Waals surface area contributed by atoms with Crippen LogP contribution in [0.2, 0.25) is 0 Å². The highest BCUT2D eigenvalue weighted by Gasteiger charge is 2.36. The molecule has 2 aromatic rings.